The van der Waals surface area contributed by atoms with Crippen molar-refractivity contribution in [1.29, 1.82) is 0 Å². The lowest BCUT2D eigenvalue weighted by Gasteiger charge is -2.32. The van der Waals surface area contributed by atoms with Crippen molar-refractivity contribution < 1.29 is 14.7 Å². The molecule has 0 unspecified atom stereocenters. The first-order valence-electron chi connectivity index (χ1n) is 7.45. The average Bonchev–Trinajstić information content (AvgIpc) is 2.35. The van der Waals surface area contributed by atoms with E-state index in [1.165, 1.54) is 0 Å². The Balaban J connectivity index is 4.80. The summed E-state index contributed by atoms with van der Waals surface area (Å²) in [5.41, 5.74) is -0.518. The Hall–Kier alpha value is -1.26. The van der Waals surface area contributed by atoms with Gasteiger partial charge in [-0.1, -0.05) is 47.5 Å². The highest BCUT2D eigenvalue weighted by Crippen LogP contribution is 2.20. The number of rotatable bonds is 7. The van der Waals surface area contributed by atoms with Gasteiger partial charge in [-0.15, -0.1) is 0 Å². The highest BCUT2D eigenvalue weighted by molar-refractivity contribution is 5.83. The van der Waals surface area contributed by atoms with Gasteiger partial charge >= 0.3 is 12.0 Å². The molecule has 0 aliphatic carbocycles. The maximum Gasteiger partial charge on any atom is 0.326 e. The van der Waals surface area contributed by atoms with Crippen molar-refractivity contribution in [3.8, 4) is 0 Å². The van der Waals surface area contributed by atoms with Gasteiger partial charge in [0.1, 0.15) is 6.04 Å². The van der Waals surface area contributed by atoms with Crippen LogP contribution in [0, 0.1) is 11.3 Å². The molecule has 2 N–H and O–H groups in total. The fourth-order valence-electron chi connectivity index (χ4n) is 2.08. The molecular weight excluding hydrogens is 256 g/mol. The number of carbonyl (C=O) groups excluding carboxylic acids is 1. The first kappa shape index (κ1) is 18.7. The van der Waals surface area contributed by atoms with Crippen LogP contribution in [0.2, 0.25) is 0 Å². The molecular formula is C15H30N2O3. The maximum absolute atomic E-state index is 12.3. The van der Waals surface area contributed by atoms with E-state index >= 15 is 0 Å². The number of hydrogen-bond donors (Lipinski definition) is 2. The largest absolute Gasteiger partial charge is 0.480 e. The molecule has 0 aromatic heterocycles. The highest BCUT2D eigenvalue weighted by Gasteiger charge is 2.33. The smallest absolute Gasteiger partial charge is 0.326 e. The minimum atomic E-state index is -0.996. The summed E-state index contributed by atoms with van der Waals surface area (Å²) in [7, 11) is 0. The van der Waals surface area contributed by atoms with Crippen LogP contribution in [0.25, 0.3) is 0 Å². The van der Waals surface area contributed by atoms with E-state index in [1.54, 1.807) is 4.90 Å². The third kappa shape index (κ3) is 5.80. The summed E-state index contributed by atoms with van der Waals surface area (Å²) in [5, 5.41) is 11.9. The van der Waals surface area contributed by atoms with Crippen LogP contribution in [0.1, 0.15) is 54.4 Å². The second-order valence-corrected chi connectivity index (χ2v) is 6.31. The molecule has 0 aromatic carbocycles. The van der Waals surface area contributed by atoms with E-state index < -0.39 is 17.4 Å². The van der Waals surface area contributed by atoms with Gasteiger partial charge in [0.05, 0.1) is 0 Å². The van der Waals surface area contributed by atoms with Crippen molar-refractivity contribution in [2.75, 3.05) is 13.1 Å². The monoisotopic (exact) mass is 286 g/mol. The molecule has 20 heavy (non-hydrogen) atoms. The van der Waals surface area contributed by atoms with Gasteiger partial charge in [0.2, 0.25) is 0 Å². The SMILES string of the molecule is CCC(CC)CN(CC)C(=O)N[C@@H](C(=O)O)C(C)(C)C. The summed E-state index contributed by atoms with van der Waals surface area (Å²) in [6.07, 6.45) is 2.03. The number of urea groups is 1. The molecule has 0 bridgehead atoms. The minimum Gasteiger partial charge on any atom is -0.480 e. The van der Waals surface area contributed by atoms with Crippen molar-refractivity contribution in [3.63, 3.8) is 0 Å². The number of amides is 2. The number of aliphatic carboxylic acids is 1. The van der Waals surface area contributed by atoms with Gasteiger partial charge in [-0.25, -0.2) is 9.59 Å². The molecule has 0 fully saturated rings. The summed E-state index contributed by atoms with van der Waals surface area (Å²) in [6, 6.07) is -1.17. The molecule has 0 saturated heterocycles. The fourth-order valence-corrected chi connectivity index (χ4v) is 2.08. The molecule has 0 aliphatic rings. The van der Waals surface area contributed by atoms with E-state index in [9.17, 15) is 14.7 Å². The summed E-state index contributed by atoms with van der Waals surface area (Å²) >= 11 is 0. The number of carbonyl (C=O) groups is 2. The summed E-state index contributed by atoms with van der Waals surface area (Å²) in [4.78, 5) is 25.2. The second-order valence-electron chi connectivity index (χ2n) is 6.31. The molecule has 1 atom stereocenters. The second kappa shape index (κ2) is 8.12. The van der Waals surface area contributed by atoms with Gasteiger partial charge in [0.25, 0.3) is 0 Å². The average molecular weight is 286 g/mol. The Kier molecular flexibility index (Phi) is 7.61. The van der Waals surface area contributed by atoms with Gasteiger partial charge in [-0.3, -0.25) is 0 Å². The predicted octanol–water partition coefficient (Wildman–Crippen LogP) is 2.95. The van der Waals surface area contributed by atoms with Crippen LogP contribution >= 0.6 is 0 Å². The summed E-state index contributed by atoms with van der Waals surface area (Å²) < 4.78 is 0. The van der Waals surface area contributed by atoms with Crippen molar-refractivity contribution in [2.24, 2.45) is 11.3 Å². The van der Waals surface area contributed by atoms with Crippen LogP contribution in [0.3, 0.4) is 0 Å². The normalized spacial score (nSPS) is 13.2. The van der Waals surface area contributed by atoms with E-state index in [4.69, 9.17) is 0 Å². The lowest BCUT2D eigenvalue weighted by molar-refractivity contribution is -0.142. The van der Waals surface area contributed by atoms with Crippen LogP contribution in [0.5, 0.6) is 0 Å². The lowest BCUT2D eigenvalue weighted by Crippen LogP contribution is -2.53. The van der Waals surface area contributed by atoms with Crippen molar-refractivity contribution in [3.05, 3.63) is 0 Å². The number of nitrogens with zero attached hydrogens (tertiary/aromatic N) is 1. The van der Waals surface area contributed by atoms with Crippen LogP contribution in [0.15, 0.2) is 0 Å². The molecule has 0 aliphatic heterocycles. The van der Waals surface area contributed by atoms with Crippen LogP contribution in [0.4, 0.5) is 4.79 Å². The van der Waals surface area contributed by atoms with Crippen molar-refractivity contribution in [1.82, 2.24) is 10.2 Å². The summed E-state index contributed by atoms with van der Waals surface area (Å²) in [5.74, 6) is -0.539. The van der Waals surface area contributed by atoms with E-state index in [2.05, 4.69) is 19.2 Å². The Labute approximate surface area is 122 Å². The molecule has 2 amide bonds. The topological polar surface area (TPSA) is 69.6 Å². The minimum absolute atomic E-state index is 0.290. The zero-order chi connectivity index (χ0) is 15.9. The van der Waals surface area contributed by atoms with Gasteiger partial charge in [-0.2, -0.15) is 0 Å². The molecule has 0 spiro atoms. The Morgan fingerprint density at radius 3 is 1.95 bits per heavy atom. The summed E-state index contributed by atoms with van der Waals surface area (Å²) in [6.45, 7) is 12.8. The maximum atomic E-state index is 12.3. The lowest BCUT2D eigenvalue weighted by atomic mass is 9.87. The van der Waals surface area contributed by atoms with Gasteiger partial charge in [0.15, 0.2) is 0 Å². The van der Waals surface area contributed by atoms with Crippen LogP contribution < -0.4 is 5.32 Å². The Morgan fingerprint density at radius 2 is 1.65 bits per heavy atom. The zero-order valence-electron chi connectivity index (χ0n) is 13.7. The van der Waals surface area contributed by atoms with Crippen molar-refractivity contribution >= 4 is 12.0 Å². The van der Waals surface area contributed by atoms with Crippen molar-refractivity contribution in [2.45, 2.75) is 60.4 Å². The third-order valence-electron chi connectivity index (χ3n) is 3.68. The molecule has 0 radical (unpaired) electrons. The first-order chi connectivity index (χ1) is 9.17. The number of carboxylic acid groups (broad SMARTS) is 1. The van der Waals surface area contributed by atoms with Gasteiger partial charge < -0.3 is 15.3 Å². The molecule has 0 saturated carbocycles. The fraction of sp³-hybridized carbons (Fsp3) is 0.867. The van der Waals surface area contributed by atoms with Gasteiger partial charge in [0, 0.05) is 13.1 Å². The first-order valence-corrected chi connectivity index (χ1v) is 7.45. The van der Waals surface area contributed by atoms with E-state index in [0.717, 1.165) is 12.8 Å². The van der Waals surface area contributed by atoms with Crippen LogP contribution in [-0.2, 0) is 4.79 Å². The zero-order valence-corrected chi connectivity index (χ0v) is 13.7. The third-order valence-corrected chi connectivity index (χ3v) is 3.68. The molecule has 0 rings (SSSR count). The Morgan fingerprint density at radius 1 is 1.15 bits per heavy atom. The number of carboxylic acids is 1. The molecule has 5 heteroatoms. The van der Waals surface area contributed by atoms with Gasteiger partial charge in [-0.05, 0) is 18.3 Å². The highest BCUT2D eigenvalue weighted by atomic mass is 16.4. The number of hydrogen-bond acceptors (Lipinski definition) is 2. The van der Waals surface area contributed by atoms with E-state index in [1.807, 2.05) is 27.7 Å². The molecule has 5 nitrogen and oxygen atoms in total. The Bertz CT molecular complexity index is 320. The molecule has 0 aromatic rings. The van der Waals surface area contributed by atoms with E-state index in [-0.39, 0.29) is 6.03 Å². The molecule has 118 valence electrons. The van der Waals surface area contributed by atoms with Crippen LogP contribution in [-0.4, -0.2) is 41.1 Å². The number of nitrogens with one attached hydrogen (secondary N) is 1. The predicted molar refractivity (Wildman–Crippen MR) is 80.7 cm³/mol. The molecule has 0 heterocycles. The standard InChI is InChI=1S/C15H30N2O3/c1-7-11(8-2)10-17(9-3)14(20)16-12(13(18)19)15(4,5)6/h11-12H,7-10H2,1-6H3,(H,16,20)(H,18,19)/t12-/m0/s1. The quantitative estimate of drug-likeness (QED) is 0.756. The van der Waals surface area contributed by atoms with E-state index in [0.29, 0.717) is 19.0 Å².